The Labute approximate surface area is 97.0 Å². The van der Waals surface area contributed by atoms with E-state index in [2.05, 4.69) is 10.2 Å². The van der Waals surface area contributed by atoms with Crippen molar-refractivity contribution in [1.82, 2.24) is 10.2 Å². The predicted octanol–water partition coefficient (Wildman–Crippen LogP) is 2.37. The fourth-order valence-corrected chi connectivity index (χ4v) is 2.62. The highest BCUT2D eigenvalue weighted by molar-refractivity contribution is 8.13. The Morgan fingerprint density at radius 1 is 1.38 bits per heavy atom. The van der Waals surface area contributed by atoms with Crippen molar-refractivity contribution in [2.24, 2.45) is 0 Å². The molecule has 1 N–H and O–H groups in total. The van der Waals surface area contributed by atoms with Crippen molar-refractivity contribution in [3.8, 4) is 0 Å². The van der Waals surface area contributed by atoms with Crippen LogP contribution in [0.1, 0.15) is 24.5 Å². The van der Waals surface area contributed by atoms with Gasteiger partial charge in [-0.05, 0) is 31.0 Å². The van der Waals surface area contributed by atoms with Gasteiger partial charge in [0.25, 0.3) is 9.05 Å². The van der Waals surface area contributed by atoms with Crippen molar-refractivity contribution in [3.63, 3.8) is 0 Å². The van der Waals surface area contributed by atoms with Gasteiger partial charge in [-0.2, -0.15) is 5.10 Å². The van der Waals surface area contributed by atoms with Gasteiger partial charge < -0.3 is 0 Å². The van der Waals surface area contributed by atoms with E-state index in [4.69, 9.17) is 10.7 Å². The van der Waals surface area contributed by atoms with Gasteiger partial charge in [-0.3, -0.25) is 5.10 Å². The maximum Gasteiger partial charge on any atom is 0.261 e. The number of benzene rings is 1. The van der Waals surface area contributed by atoms with E-state index in [9.17, 15) is 8.42 Å². The molecule has 0 aliphatic heterocycles. The molecule has 1 aliphatic rings. The van der Waals surface area contributed by atoms with E-state index in [-0.39, 0.29) is 4.90 Å². The molecule has 0 amide bonds. The molecule has 4 nitrogen and oxygen atoms in total. The molecule has 2 aromatic rings. The predicted molar refractivity (Wildman–Crippen MR) is 61.1 cm³/mol. The van der Waals surface area contributed by atoms with Gasteiger partial charge in [0.05, 0.1) is 10.4 Å². The van der Waals surface area contributed by atoms with Crippen LogP contribution in [0.2, 0.25) is 0 Å². The first kappa shape index (κ1) is 10.1. The molecule has 1 aromatic carbocycles. The molecule has 0 radical (unpaired) electrons. The second-order valence-electron chi connectivity index (χ2n) is 4.03. The van der Waals surface area contributed by atoms with E-state index in [0.29, 0.717) is 11.4 Å². The fraction of sp³-hybridized carbons (Fsp3) is 0.300. The first-order valence-corrected chi connectivity index (χ1v) is 7.29. The minimum absolute atomic E-state index is 0.0931. The molecule has 16 heavy (non-hydrogen) atoms. The summed E-state index contributed by atoms with van der Waals surface area (Å²) in [7, 11) is 1.60. The van der Waals surface area contributed by atoms with Crippen molar-refractivity contribution in [2.45, 2.75) is 23.7 Å². The summed E-state index contributed by atoms with van der Waals surface area (Å²) < 4.78 is 22.3. The summed E-state index contributed by atoms with van der Waals surface area (Å²) in [5.74, 6) is 0.559. The number of hydrogen-bond acceptors (Lipinski definition) is 3. The molecule has 0 bridgehead atoms. The molecule has 3 rings (SSSR count). The van der Waals surface area contributed by atoms with Crippen LogP contribution in [0.3, 0.4) is 0 Å². The number of halogens is 1. The lowest BCUT2D eigenvalue weighted by Crippen LogP contribution is -1.89. The van der Waals surface area contributed by atoms with Gasteiger partial charge in [-0.25, -0.2) is 8.42 Å². The molecular weight excluding hydrogens is 248 g/mol. The van der Waals surface area contributed by atoms with Gasteiger partial charge in [0.2, 0.25) is 0 Å². The number of aromatic nitrogens is 2. The van der Waals surface area contributed by atoms with Gasteiger partial charge in [-0.15, -0.1) is 0 Å². The number of aromatic amines is 1. The minimum Gasteiger partial charge on any atom is -0.281 e. The van der Waals surface area contributed by atoms with Crippen LogP contribution in [-0.2, 0) is 9.05 Å². The third-order valence-electron chi connectivity index (χ3n) is 2.82. The normalized spacial score (nSPS) is 16.8. The highest BCUT2D eigenvalue weighted by Crippen LogP contribution is 2.42. The highest BCUT2D eigenvalue weighted by atomic mass is 35.7. The Morgan fingerprint density at radius 3 is 2.75 bits per heavy atom. The second-order valence-corrected chi connectivity index (χ2v) is 6.59. The van der Waals surface area contributed by atoms with Gasteiger partial charge in [0, 0.05) is 27.7 Å². The van der Waals surface area contributed by atoms with Crippen LogP contribution < -0.4 is 0 Å². The number of nitrogens with zero attached hydrogens (tertiary/aromatic N) is 1. The van der Waals surface area contributed by atoms with Crippen LogP contribution in [0.4, 0.5) is 0 Å². The fourth-order valence-electron chi connectivity index (χ4n) is 1.85. The van der Waals surface area contributed by atoms with Gasteiger partial charge in [-0.1, -0.05) is 0 Å². The summed E-state index contributed by atoms with van der Waals surface area (Å²) in [4.78, 5) is 0.0931. The van der Waals surface area contributed by atoms with Crippen molar-refractivity contribution in [1.29, 1.82) is 0 Å². The molecule has 1 heterocycles. The van der Waals surface area contributed by atoms with Crippen LogP contribution in [0.5, 0.6) is 0 Å². The molecule has 84 valence electrons. The Hall–Kier alpha value is -1.07. The van der Waals surface area contributed by atoms with E-state index < -0.39 is 9.05 Å². The van der Waals surface area contributed by atoms with Crippen LogP contribution >= 0.6 is 10.7 Å². The Bertz CT molecular complexity index is 659. The third kappa shape index (κ3) is 1.60. The summed E-state index contributed by atoms with van der Waals surface area (Å²) in [5.41, 5.74) is 1.76. The average Bonchev–Trinajstić information content (AvgIpc) is 2.96. The maximum absolute atomic E-state index is 11.2. The van der Waals surface area contributed by atoms with E-state index in [1.165, 1.54) is 25.0 Å². The number of nitrogens with one attached hydrogen (secondary N) is 1. The number of H-pyrrole nitrogens is 1. The first-order valence-electron chi connectivity index (χ1n) is 4.98. The van der Waals surface area contributed by atoms with Crippen molar-refractivity contribution >= 4 is 30.6 Å². The smallest absolute Gasteiger partial charge is 0.261 e. The molecule has 1 aliphatic carbocycles. The molecule has 6 heteroatoms. The van der Waals surface area contributed by atoms with Crippen molar-refractivity contribution in [3.05, 3.63) is 23.9 Å². The monoisotopic (exact) mass is 256 g/mol. The highest BCUT2D eigenvalue weighted by Gasteiger charge is 2.27. The molecule has 1 saturated carbocycles. The summed E-state index contributed by atoms with van der Waals surface area (Å²) in [6, 6.07) is 4.79. The Balaban J connectivity index is 2.20. The van der Waals surface area contributed by atoms with Gasteiger partial charge in [0.1, 0.15) is 0 Å². The van der Waals surface area contributed by atoms with Crippen LogP contribution in [0.15, 0.2) is 23.1 Å². The molecule has 0 unspecified atom stereocenters. The average molecular weight is 257 g/mol. The maximum atomic E-state index is 11.2. The topological polar surface area (TPSA) is 62.8 Å². The lowest BCUT2D eigenvalue weighted by molar-refractivity contribution is 0.609. The van der Waals surface area contributed by atoms with Crippen LogP contribution in [0.25, 0.3) is 10.9 Å². The SMILES string of the molecule is O=S(=O)(Cl)c1ccc2c(C3CC3)[nH]nc2c1. The molecule has 1 aromatic heterocycles. The van der Waals surface area contributed by atoms with E-state index in [0.717, 1.165) is 11.1 Å². The molecule has 1 fully saturated rings. The second kappa shape index (κ2) is 3.21. The van der Waals surface area contributed by atoms with Crippen LogP contribution in [-0.4, -0.2) is 18.6 Å². The molecular formula is C10H9ClN2O2S. The van der Waals surface area contributed by atoms with Crippen molar-refractivity contribution < 1.29 is 8.42 Å². The Kier molecular flexibility index (Phi) is 2.03. The number of fused-ring (bicyclic) bond motifs is 1. The summed E-state index contributed by atoms with van der Waals surface area (Å²) in [6.45, 7) is 0. The number of rotatable bonds is 2. The summed E-state index contributed by atoms with van der Waals surface area (Å²) in [6.07, 6.45) is 2.35. The lowest BCUT2D eigenvalue weighted by Gasteiger charge is -1.96. The van der Waals surface area contributed by atoms with Gasteiger partial charge >= 0.3 is 0 Å². The summed E-state index contributed by atoms with van der Waals surface area (Å²) in [5, 5.41) is 8.06. The lowest BCUT2D eigenvalue weighted by atomic mass is 10.1. The molecule has 0 spiro atoms. The Morgan fingerprint density at radius 2 is 2.12 bits per heavy atom. The van der Waals surface area contributed by atoms with Crippen LogP contribution in [0, 0.1) is 0 Å². The van der Waals surface area contributed by atoms with Gasteiger partial charge in [0.15, 0.2) is 0 Å². The minimum atomic E-state index is -3.67. The largest absolute Gasteiger partial charge is 0.281 e. The van der Waals surface area contributed by atoms with E-state index >= 15 is 0 Å². The standard InChI is InChI=1S/C10H9ClN2O2S/c11-16(14,15)7-3-4-8-9(5-7)12-13-10(8)6-1-2-6/h3-6H,1-2H2,(H,12,13). The summed E-state index contributed by atoms with van der Waals surface area (Å²) >= 11 is 0. The number of hydrogen-bond donors (Lipinski definition) is 1. The van der Waals surface area contributed by atoms with E-state index in [1.54, 1.807) is 6.07 Å². The first-order chi connectivity index (χ1) is 7.55. The zero-order valence-electron chi connectivity index (χ0n) is 8.27. The van der Waals surface area contributed by atoms with Crippen molar-refractivity contribution in [2.75, 3.05) is 0 Å². The molecule has 0 saturated heterocycles. The zero-order valence-corrected chi connectivity index (χ0v) is 9.85. The third-order valence-corrected chi connectivity index (χ3v) is 4.17. The zero-order chi connectivity index (χ0) is 11.3. The quantitative estimate of drug-likeness (QED) is 0.839. The molecule has 0 atom stereocenters. The van der Waals surface area contributed by atoms with E-state index in [1.807, 2.05) is 0 Å².